The summed E-state index contributed by atoms with van der Waals surface area (Å²) in [5.74, 6) is -0.198. The largest absolute Gasteiger partial charge is 0.445 e. The molecule has 0 aromatic heterocycles. The van der Waals surface area contributed by atoms with Crippen LogP contribution in [0.4, 0.5) is 10.5 Å². The Morgan fingerprint density at radius 1 is 1.14 bits per heavy atom. The highest BCUT2D eigenvalue weighted by atomic mass is 16.5. The average Bonchev–Trinajstić information content (AvgIpc) is 3.21. The first-order valence-electron chi connectivity index (χ1n) is 9.35. The highest BCUT2D eigenvalue weighted by molar-refractivity contribution is 6.02. The van der Waals surface area contributed by atoms with Crippen molar-refractivity contribution in [2.24, 2.45) is 0 Å². The van der Waals surface area contributed by atoms with Crippen molar-refractivity contribution in [1.82, 2.24) is 4.90 Å². The molecule has 1 fully saturated rings. The SMILES string of the molecule is O=C(Nc1ccccc1C(=O)N1CCCC1CO)OCC=Cc1ccccc1. The fourth-order valence-electron chi connectivity index (χ4n) is 3.24. The van der Waals surface area contributed by atoms with Crippen LogP contribution >= 0.6 is 0 Å². The number of carbonyl (C=O) groups is 2. The van der Waals surface area contributed by atoms with Gasteiger partial charge in [0.25, 0.3) is 5.91 Å². The van der Waals surface area contributed by atoms with E-state index in [0.717, 1.165) is 18.4 Å². The van der Waals surface area contributed by atoms with Gasteiger partial charge < -0.3 is 14.7 Å². The molecule has 2 amide bonds. The second kappa shape index (κ2) is 9.71. The number of para-hydroxylation sites is 1. The number of anilines is 1. The summed E-state index contributed by atoms with van der Waals surface area (Å²) in [7, 11) is 0. The van der Waals surface area contributed by atoms with Crippen molar-refractivity contribution in [3.63, 3.8) is 0 Å². The summed E-state index contributed by atoms with van der Waals surface area (Å²) >= 11 is 0. The zero-order chi connectivity index (χ0) is 19.8. The fraction of sp³-hybridized carbons (Fsp3) is 0.273. The van der Waals surface area contributed by atoms with Gasteiger partial charge in [0.2, 0.25) is 0 Å². The molecule has 28 heavy (non-hydrogen) atoms. The van der Waals surface area contributed by atoms with E-state index in [1.54, 1.807) is 35.2 Å². The maximum absolute atomic E-state index is 12.8. The van der Waals surface area contributed by atoms with E-state index in [9.17, 15) is 14.7 Å². The maximum Gasteiger partial charge on any atom is 0.411 e. The number of ether oxygens (including phenoxy) is 1. The number of nitrogens with one attached hydrogen (secondary N) is 1. The Balaban J connectivity index is 1.59. The molecule has 6 heteroatoms. The van der Waals surface area contributed by atoms with Crippen molar-refractivity contribution in [2.45, 2.75) is 18.9 Å². The van der Waals surface area contributed by atoms with Gasteiger partial charge in [0, 0.05) is 6.54 Å². The van der Waals surface area contributed by atoms with Crippen LogP contribution in [0.2, 0.25) is 0 Å². The van der Waals surface area contributed by atoms with Gasteiger partial charge in [0.1, 0.15) is 6.61 Å². The monoisotopic (exact) mass is 380 g/mol. The lowest BCUT2D eigenvalue weighted by Crippen LogP contribution is -2.38. The lowest BCUT2D eigenvalue weighted by Gasteiger charge is -2.24. The van der Waals surface area contributed by atoms with Crippen molar-refractivity contribution >= 4 is 23.8 Å². The van der Waals surface area contributed by atoms with Crippen LogP contribution in [0.5, 0.6) is 0 Å². The molecular formula is C22H24N2O4. The van der Waals surface area contributed by atoms with Gasteiger partial charge in [-0.2, -0.15) is 0 Å². The summed E-state index contributed by atoms with van der Waals surface area (Å²) in [5, 5.41) is 12.1. The zero-order valence-electron chi connectivity index (χ0n) is 15.6. The highest BCUT2D eigenvalue weighted by Gasteiger charge is 2.30. The lowest BCUT2D eigenvalue weighted by atomic mass is 10.1. The Morgan fingerprint density at radius 3 is 2.68 bits per heavy atom. The van der Waals surface area contributed by atoms with Gasteiger partial charge in [-0.05, 0) is 36.6 Å². The standard InChI is InChI=1S/C22H24N2O4/c25-16-18-11-6-14-24(18)21(26)19-12-4-5-13-20(19)23-22(27)28-15-7-10-17-8-2-1-3-9-17/h1-5,7-10,12-13,18,25H,6,11,14-16H2,(H,23,27). The van der Waals surface area contributed by atoms with E-state index >= 15 is 0 Å². The average molecular weight is 380 g/mol. The van der Waals surface area contributed by atoms with Crippen LogP contribution in [-0.4, -0.2) is 47.8 Å². The second-order valence-corrected chi connectivity index (χ2v) is 6.56. The van der Waals surface area contributed by atoms with E-state index in [2.05, 4.69) is 5.32 Å². The zero-order valence-corrected chi connectivity index (χ0v) is 15.6. The first kappa shape index (κ1) is 19.6. The van der Waals surface area contributed by atoms with Crippen LogP contribution in [0.25, 0.3) is 6.08 Å². The quantitative estimate of drug-likeness (QED) is 0.803. The number of amides is 2. The molecule has 1 unspecified atom stereocenters. The molecule has 0 bridgehead atoms. The van der Waals surface area contributed by atoms with Crippen molar-refractivity contribution < 1.29 is 19.4 Å². The van der Waals surface area contributed by atoms with Crippen LogP contribution in [0.15, 0.2) is 60.7 Å². The van der Waals surface area contributed by atoms with Crippen molar-refractivity contribution in [1.29, 1.82) is 0 Å². The first-order chi connectivity index (χ1) is 13.7. The molecule has 0 radical (unpaired) electrons. The van der Waals surface area contributed by atoms with E-state index in [0.29, 0.717) is 17.8 Å². The lowest BCUT2D eigenvalue weighted by molar-refractivity contribution is 0.0678. The van der Waals surface area contributed by atoms with Gasteiger partial charge in [0.05, 0.1) is 23.9 Å². The second-order valence-electron chi connectivity index (χ2n) is 6.56. The third kappa shape index (κ3) is 4.98. The van der Waals surface area contributed by atoms with Crippen LogP contribution < -0.4 is 5.32 Å². The number of hydrogen-bond donors (Lipinski definition) is 2. The topological polar surface area (TPSA) is 78.9 Å². The van der Waals surface area contributed by atoms with Crippen molar-refractivity contribution in [3.8, 4) is 0 Å². The van der Waals surface area contributed by atoms with Crippen LogP contribution in [-0.2, 0) is 4.74 Å². The molecule has 0 saturated carbocycles. The molecule has 1 saturated heterocycles. The van der Waals surface area contributed by atoms with Gasteiger partial charge >= 0.3 is 6.09 Å². The summed E-state index contributed by atoms with van der Waals surface area (Å²) in [4.78, 5) is 26.6. The van der Waals surface area contributed by atoms with E-state index in [1.165, 1.54) is 0 Å². The summed E-state index contributed by atoms with van der Waals surface area (Å²) in [6.07, 6.45) is 4.64. The maximum atomic E-state index is 12.8. The Kier molecular flexibility index (Phi) is 6.81. The third-order valence-electron chi connectivity index (χ3n) is 4.66. The Bertz CT molecular complexity index is 835. The van der Waals surface area contributed by atoms with Gasteiger partial charge in [0.15, 0.2) is 0 Å². The van der Waals surface area contributed by atoms with E-state index in [-0.39, 0.29) is 25.2 Å². The summed E-state index contributed by atoms with van der Waals surface area (Å²) in [6, 6.07) is 16.4. The smallest absolute Gasteiger partial charge is 0.411 e. The third-order valence-corrected chi connectivity index (χ3v) is 4.66. The molecule has 1 aliphatic heterocycles. The number of aliphatic hydroxyl groups is 1. The Morgan fingerprint density at radius 2 is 1.89 bits per heavy atom. The van der Waals surface area contributed by atoms with Crippen LogP contribution in [0.3, 0.4) is 0 Å². The number of rotatable bonds is 6. The molecule has 3 rings (SSSR count). The minimum Gasteiger partial charge on any atom is -0.445 e. The molecular weight excluding hydrogens is 356 g/mol. The number of carbonyl (C=O) groups excluding carboxylic acids is 2. The molecule has 2 aromatic carbocycles. The molecule has 146 valence electrons. The van der Waals surface area contributed by atoms with Crippen LogP contribution in [0.1, 0.15) is 28.8 Å². The van der Waals surface area contributed by atoms with Crippen molar-refractivity contribution in [2.75, 3.05) is 25.1 Å². The molecule has 2 N–H and O–H groups in total. The van der Waals surface area contributed by atoms with Gasteiger partial charge in [-0.1, -0.05) is 48.5 Å². The molecule has 2 aromatic rings. The molecule has 1 heterocycles. The van der Waals surface area contributed by atoms with Crippen molar-refractivity contribution in [3.05, 3.63) is 71.8 Å². The summed E-state index contributed by atoms with van der Waals surface area (Å²) in [5.41, 5.74) is 1.80. The van der Waals surface area contributed by atoms with Gasteiger partial charge in [-0.15, -0.1) is 0 Å². The summed E-state index contributed by atoms with van der Waals surface area (Å²) in [6.45, 7) is 0.666. The van der Waals surface area contributed by atoms with E-state index in [4.69, 9.17) is 4.74 Å². The van der Waals surface area contributed by atoms with Gasteiger partial charge in [-0.25, -0.2) is 4.79 Å². The first-order valence-corrected chi connectivity index (χ1v) is 9.35. The fourth-order valence-corrected chi connectivity index (χ4v) is 3.24. The molecule has 1 atom stereocenters. The van der Waals surface area contributed by atoms with E-state index in [1.807, 2.05) is 36.4 Å². The van der Waals surface area contributed by atoms with E-state index < -0.39 is 6.09 Å². The minimum atomic E-state index is -0.627. The van der Waals surface area contributed by atoms with Crippen LogP contribution in [0, 0.1) is 0 Å². The summed E-state index contributed by atoms with van der Waals surface area (Å²) < 4.78 is 5.17. The minimum absolute atomic E-state index is 0.0584. The normalized spacial score (nSPS) is 16.3. The predicted molar refractivity (Wildman–Crippen MR) is 108 cm³/mol. The molecule has 6 nitrogen and oxygen atoms in total. The number of hydrogen-bond acceptors (Lipinski definition) is 4. The highest BCUT2D eigenvalue weighted by Crippen LogP contribution is 2.23. The number of benzene rings is 2. The number of nitrogens with zero attached hydrogens (tertiary/aromatic N) is 1. The molecule has 1 aliphatic rings. The number of likely N-dealkylation sites (tertiary alicyclic amines) is 1. The molecule has 0 spiro atoms. The van der Waals surface area contributed by atoms with Gasteiger partial charge in [-0.3, -0.25) is 10.1 Å². The predicted octanol–water partition coefficient (Wildman–Crippen LogP) is 3.55. The number of aliphatic hydroxyl groups excluding tert-OH is 1. The molecule has 0 aliphatic carbocycles. The Hall–Kier alpha value is -3.12. The Labute approximate surface area is 164 Å².